The van der Waals surface area contributed by atoms with E-state index in [1.807, 2.05) is 23.1 Å². The van der Waals surface area contributed by atoms with Gasteiger partial charge in [0.15, 0.2) is 0 Å². The zero-order chi connectivity index (χ0) is 20.4. The Morgan fingerprint density at radius 2 is 1.71 bits per heavy atom. The van der Waals surface area contributed by atoms with E-state index in [1.54, 1.807) is 0 Å². The van der Waals surface area contributed by atoms with Gasteiger partial charge in [-0.2, -0.15) is 0 Å². The fourth-order valence-electron chi connectivity index (χ4n) is 5.32. The Hall–Kier alpha value is -1.43. The van der Waals surface area contributed by atoms with Crippen molar-refractivity contribution < 1.29 is 9.90 Å². The van der Waals surface area contributed by atoms with Gasteiger partial charge in [0.25, 0.3) is 0 Å². The van der Waals surface area contributed by atoms with Crippen molar-refractivity contribution in [3.05, 3.63) is 35.9 Å². The molecule has 0 saturated carbocycles. The standard InChI is InChI=1S/C23H37N3O2/c1-22(2)13-19(14-23(3,4)24-22)12-21(28)26-11-10-25(16-20(27)17-26)15-18-8-6-5-7-9-18/h5-9,19-20,24,27H,10-17H2,1-4H3/t20-/m1/s1. The van der Waals surface area contributed by atoms with E-state index in [0.717, 1.165) is 25.9 Å². The lowest BCUT2D eigenvalue weighted by Gasteiger charge is -2.46. The van der Waals surface area contributed by atoms with E-state index >= 15 is 0 Å². The predicted molar refractivity (Wildman–Crippen MR) is 113 cm³/mol. The lowest BCUT2D eigenvalue weighted by molar-refractivity contribution is -0.133. The maximum absolute atomic E-state index is 13.0. The molecule has 5 nitrogen and oxygen atoms in total. The topological polar surface area (TPSA) is 55.8 Å². The smallest absolute Gasteiger partial charge is 0.222 e. The highest BCUT2D eigenvalue weighted by Gasteiger charge is 2.39. The molecular formula is C23H37N3O2. The minimum absolute atomic E-state index is 0.0531. The number of hydrogen-bond acceptors (Lipinski definition) is 4. The summed E-state index contributed by atoms with van der Waals surface area (Å²) < 4.78 is 0. The number of benzene rings is 1. The third-order valence-corrected chi connectivity index (χ3v) is 5.93. The SMILES string of the molecule is CC1(C)CC(CC(=O)N2CCN(Cc3ccccc3)C[C@@H](O)C2)CC(C)(C)N1. The maximum Gasteiger partial charge on any atom is 0.222 e. The van der Waals surface area contributed by atoms with Crippen LogP contribution in [-0.4, -0.2) is 64.2 Å². The first-order valence-corrected chi connectivity index (χ1v) is 10.6. The number of nitrogens with zero attached hydrogens (tertiary/aromatic N) is 2. The van der Waals surface area contributed by atoms with Gasteiger partial charge in [-0.15, -0.1) is 0 Å². The first-order valence-electron chi connectivity index (χ1n) is 10.6. The van der Waals surface area contributed by atoms with Gasteiger partial charge in [0, 0.05) is 50.2 Å². The molecule has 156 valence electrons. The first-order chi connectivity index (χ1) is 13.1. The Labute approximate surface area is 170 Å². The van der Waals surface area contributed by atoms with Crippen LogP contribution in [0.5, 0.6) is 0 Å². The fraction of sp³-hybridized carbons (Fsp3) is 0.696. The molecule has 2 saturated heterocycles. The summed E-state index contributed by atoms with van der Waals surface area (Å²) in [6.07, 6.45) is 2.12. The van der Waals surface area contributed by atoms with Crippen LogP contribution < -0.4 is 5.32 Å². The van der Waals surface area contributed by atoms with Crippen LogP contribution >= 0.6 is 0 Å². The summed E-state index contributed by atoms with van der Waals surface area (Å²) in [5, 5.41) is 14.2. The summed E-state index contributed by atoms with van der Waals surface area (Å²) in [5.41, 5.74) is 1.35. The minimum atomic E-state index is -0.490. The zero-order valence-corrected chi connectivity index (χ0v) is 17.9. The van der Waals surface area contributed by atoms with Gasteiger partial charge < -0.3 is 15.3 Å². The highest BCUT2D eigenvalue weighted by Crippen LogP contribution is 2.35. The monoisotopic (exact) mass is 387 g/mol. The van der Waals surface area contributed by atoms with Crippen LogP contribution in [0.4, 0.5) is 0 Å². The molecule has 28 heavy (non-hydrogen) atoms. The second-order valence-corrected chi connectivity index (χ2v) is 10.1. The molecule has 2 aliphatic heterocycles. The van der Waals surface area contributed by atoms with E-state index < -0.39 is 6.10 Å². The van der Waals surface area contributed by atoms with Crippen molar-refractivity contribution in [3.8, 4) is 0 Å². The van der Waals surface area contributed by atoms with Crippen molar-refractivity contribution >= 4 is 5.91 Å². The summed E-state index contributed by atoms with van der Waals surface area (Å²) in [6, 6.07) is 10.3. The van der Waals surface area contributed by atoms with Crippen LogP contribution in [0.2, 0.25) is 0 Å². The molecule has 1 aromatic carbocycles. The Bertz CT molecular complexity index is 643. The molecule has 3 rings (SSSR count). The zero-order valence-electron chi connectivity index (χ0n) is 17.9. The van der Waals surface area contributed by atoms with Gasteiger partial charge in [-0.1, -0.05) is 30.3 Å². The number of carbonyl (C=O) groups excluding carboxylic acids is 1. The normalized spacial score (nSPS) is 26.0. The molecule has 2 N–H and O–H groups in total. The summed E-state index contributed by atoms with van der Waals surface area (Å²) in [7, 11) is 0. The Morgan fingerprint density at radius 3 is 2.36 bits per heavy atom. The molecule has 2 heterocycles. The second kappa shape index (κ2) is 8.52. The molecule has 1 amide bonds. The predicted octanol–water partition coefficient (Wildman–Crippen LogP) is 2.64. The quantitative estimate of drug-likeness (QED) is 0.834. The third-order valence-electron chi connectivity index (χ3n) is 5.93. The molecule has 0 bridgehead atoms. The second-order valence-electron chi connectivity index (χ2n) is 10.1. The number of β-amino-alcohol motifs (C(OH)–C–C–N with tert-alkyl or cyclic N) is 1. The van der Waals surface area contributed by atoms with Crippen molar-refractivity contribution in [1.82, 2.24) is 15.1 Å². The average Bonchev–Trinajstić information content (AvgIpc) is 2.74. The van der Waals surface area contributed by atoms with Crippen LogP contribution in [0, 0.1) is 5.92 Å². The summed E-state index contributed by atoms with van der Waals surface area (Å²) in [5.74, 6) is 0.582. The Kier molecular flexibility index (Phi) is 6.47. The molecule has 0 aromatic heterocycles. The highest BCUT2D eigenvalue weighted by molar-refractivity contribution is 5.76. The molecule has 5 heteroatoms. The molecule has 1 atom stereocenters. The Morgan fingerprint density at radius 1 is 1.07 bits per heavy atom. The van der Waals surface area contributed by atoms with Crippen LogP contribution in [0.1, 0.15) is 52.5 Å². The number of rotatable bonds is 4. The van der Waals surface area contributed by atoms with Crippen LogP contribution in [0.3, 0.4) is 0 Å². The van der Waals surface area contributed by atoms with E-state index in [2.05, 4.69) is 50.0 Å². The molecule has 0 radical (unpaired) electrons. The molecule has 2 aliphatic rings. The van der Waals surface area contributed by atoms with Gasteiger partial charge in [-0.25, -0.2) is 0 Å². The van der Waals surface area contributed by atoms with E-state index in [-0.39, 0.29) is 17.0 Å². The number of carbonyl (C=O) groups is 1. The van der Waals surface area contributed by atoms with E-state index in [1.165, 1.54) is 5.56 Å². The number of nitrogens with one attached hydrogen (secondary N) is 1. The number of hydrogen-bond donors (Lipinski definition) is 2. The van der Waals surface area contributed by atoms with Gasteiger partial charge in [0.2, 0.25) is 5.91 Å². The van der Waals surface area contributed by atoms with Crippen LogP contribution in [0.25, 0.3) is 0 Å². The van der Waals surface area contributed by atoms with Crippen molar-refractivity contribution in [1.29, 1.82) is 0 Å². The molecular weight excluding hydrogens is 350 g/mol. The maximum atomic E-state index is 13.0. The van der Waals surface area contributed by atoms with E-state index in [0.29, 0.717) is 32.0 Å². The highest BCUT2D eigenvalue weighted by atomic mass is 16.3. The number of amides is 1. The minimum Gasteiger partial charge on any atom is -0.390 e. The molecule has 0 aliphatic carbocycles. The van der Waals surface area contributed by atoms with Gasteiger partial charge >= 0.3 is 0 Å². The van der Waals surface area contributed by atoms with Gasteiger partial charge in [-0.05, 0) is 52.0 Å². The third kappa shape index (κ3) is 6.03. The first kappa shape index (κ1) is 21.3. The van der Waals surface area contributed by atoms with Crippen LogP contribution in [0.15, 0.2) is 30.3 Å². The summed E-state index contributed by atoms with van der Waals surface area (Å²) >= 11 is 0. The average molecular weight is 388 g/mol. The van der Waals surface area contributed by atoms with E-state index in [4.69, 9.17) is 0 Å². The lowest BCUT2D eigenvalue weighted by Crippen LogP contribution is -2.58. The number of piperidine rings is 1. The van der Waals surface area contributed by atoms with Gasteiger partial charge in [0.05, 0.1) is 6.10 Å². The van der Waals surface area contributed by atoms with Gasteiger partial charge in [-0.3, -0.25) is 9.69 Å². The summed E-state index contributed by atoms with van der Waals surface area (Å²) in [4.78, 5) is 17.2. The van der Waals surface area contributed by atoms with Crippen molar-refractivity contribution in [2.75, 3.05) is 26.2 Å². The fourth-order valence-corrected chi connectivity index (χ4v) is 5.32. The van der Waals surface area contributed by atoms with Crippen molar-refractivity contribution in [3.63, 3.8) is 0 Å². The van der Waals surface area contributed by atoms with Crippen molar-refractivity contribution in [2.24, 2.45) is 5.92 Å². The van der Waals surface area contributed by atoms with Crippen LogP contribution in [-0.2, 0) is 11.3 Å². The summed E-state index contributed by atoms with van der Waals surface area (Å²) in [6.45, 7) is 12.3. The van der Waals surface area contributed by atoms with Crippen molar-refractivity contribution in [2.45, 2.75) is 70.7 Å². The Balaban J connectivity index is 1.57. The molecule has 1 aromatic rings. The molecule has 2 fully saturated rings. The lowest BCUT2D eigenvalue weighted by atomic mass is 9.74. The number of aliphatic hydroxyl groups is 1. The number of aliphatic hydroxyl groups excluding tert-OH is 1. The van der Waals surface area contributed by atoms with Gasteiger partial charge in [0.1, 0.15) is 0 Å². The largest absolute Gasteiger partial charge is 0.390 e. The van der Waals surface area contributed by atoms with E-state index in [9.17, 15) is 9.90 Å². The molecule has 0 spiro atoms. The molecule has 0 unspecified atom stereocenters.